The fourth-order valence-electron chi connectivity index (χ4n) is 2.73. The first-order chi connectivity index (χ1) is 13.6. The lowest BCUT2D eigenvalue weighted by Gasteiger charge is -2.20. The maximum atomic E-state index is 12.3. The van der Waals surface area contributed by atoms with Crippen molar-refractivity contribution >= 4 is 11.9 Å². The minimum atomic E-state index is -1.40. The van der Waals surface area contributed by atoms with E-state index in [2.05, 4.69) is 10.0 Å². The summed E-state index contributed by atoms with van der Waals surface area (Å²) in [7, 11) is 0. The minimum absolute atomic E-state index is 0.280. The van der Waals surface area contributed by atoms with Gasteiger partial charge in [-0.15, -0.1) is 0 Å². The molecule has 2 aromatic rings. The molecular formula is C19H17N3O6. The van der Waals surface area contributed by atoms with E-state index in [1.54, 1.807) is 60.7 Å². The molecule has 1 aliphatic rings. The molecule has 3 rings (SSSR count). The second-order valence-electron chi connectivity index (χ2n) is 5.96. The van der Waals surface area contributed by atoms with Gasteiger partial charge >= 0.3 is 11.9 Å². The average molecular weight is 383 g/mol. The van der Waals surface area contributed by atoms with Gasteiger partial charge in [-0.2, -0.15) is 0 Å². The van der Waals surface area contributed by atoms with Gasteiger partial charge < -0.3 is 19.3 Å². The van der Waals surface area contributed by atoms with Crippen LogP contribution in [0.5, 0.6) is 0 Å². The molecule has 4 atom stereocenters. The smallest absolute Gasteiger partial charge is 0.338 e. The predicted molar refractivity (Wildman–Crippen MR) is 96.2 cm³/mol. The van der Waals surface area contributed by atoms with E-state index >= 15 is 0 Å². The average Bonchev–Trinajstić information content (AvgIpc) is 3.02. The molecule has 1 heterocycles. The number of esters is 2. The molecule has 2 aromatic carbocycles. The Labute approximate surface area is 160 Å². The summed E-state index contributed by atoms with van der Waals surface area (Å²) in [5.74, 6) is -1.28. The van der Waals surface area contributed by atoms with Crippen molar-refractivity contribution in [1.82, 2.24) is 0 Å². The first-order valence-electron chi connectivity index (χ1n) is 8.46. The monoisotopic (exact) mass is 383 g/mol. The first-order valence-corrected chi connectivity index (χ1v) is 8.46. The highest BCUT2D eigenvalue weighted by molar-refractivity contribution is 5.90. The zero-order valence-corrected chi connectivity index (χ0v) is 14.6. The van der Waals surface area contributed by atoms with Gasteiger partial charge in [-0.1, -0.05) is 41.5 Å². The summed E-state index contributed by atoms with van der Waals surface area (Å²) in [6.45, 7) is -0.297. The molecule has 1 saturated heterocycles. The van der Waals surface area contributed by atoms with Crippen LogP contribution >= 0.6 is 0 Å². The number of hydrogen-bond acceptors (Lipinski definition) is 7. The van der Waals surface area contributed by atoms with Crippen LogP contribution in [-0.4, -0.2) is 48.2 Å². The molecule has 0 radical (unpaired) electrons. The van der Waals surface area contributed by atoms with Crippen LogP contribution < -0.4 is 0 Å². The molecule has 0 aliphatic carbocycles. The van der Waals surface area contributed by atoms with Crippen LogP contribution in [0.3, 0.4) is 0 Å². The van der Waals surface area contributed by atoms with Crippen molar-refractivity contribution in [2.24, 2.45) is 5.11 Å². The third-order valence-electron chi connectivity index (χ3n) is 4.12. The lowest BCUT2D eigenvalue weighted by molar-refractivity contribution is -0.0427. The Bertz CT molecular complexity index is 870. The van der Waals surface area contributed by atoms with Crippen molar-refractivity contribution < 1.29 is 28.9 Å². The highest BCUT2D eigenvalue weighted by Gasteiger charge is 2.46. The van der Waals surface area contributed by atoms with Crippen LogP contribution in [0.15, 0.2) is 65.8 Å². The molecule has 0 amide bonds. The Balaban J connectivity index is 1.70. The van der Waals surface area contributed by atoms with Gasteiger partial charge in [0, 0.05) is 4.91 Å². The van der Waals surface area contributed by atoms with Gasteiger partial charge in [-0.25, -0.2) is 9.59 Å². The highest BCUT2D eigenvalue weighted by Crippen LogP contribution is 2.26. The van der Waals surface area contributed by atoms with Gasteiger partial charge in [-0.05, 0) is 29.8 Å². The van der Waals surface area contributed by atoms with Crippen LogP contribution in [0.2, 0.25) is 0 Å². The number of aliphatic hydroxyl groups is 1. The largest absolute Gasteiger partial charge is 0.459 e. The normalized spacial score (nSPS) is 23.5. The standard InChI is InChI=1S/C19H17N3O6/c20-22-21-17-15(23)16(28-19(25)13-9-5-2-6-10-13)14(27-17)11-26-18(24)12-7-3-1-4-8-12/h1-10,14-17,23H,11H2/t14-,15-,16+,17-/m1/s1. The quantitative estimate of drug-likeness (QED) is 0.353. The van der Waals surface area contributed by atoms with Crippen molar-refractivity contribution in [3.63, 3.8) is 0 Å². The number of nitrogens with zero attached hydrogens (tertiary/aromatic N) is 3. The van der Waals surface area contributed by atoms with Crippen LogP contribution in [0.25, 0.3) is 10.4 Å². The third kappa shape index (κ3) is 4.47. The number of azide groups is 1. The molecule has 144 valence electrons. The van der Waals surface area contributed by atoms with Gasteiger partial charge in [0.1, 0.15) is 18.8 Å². The lowest BCUT2D eigenvalue weighted by atomic mass is 10.1. The number of rotatable bonds is 6. The van der Waals surface area contributed by atoms with E-state index in [1.165, 1.54) is 0 Å². The molecule has 0 aromatic heterocycles. The van der Waals surface area contributed by atoms with E-state index in [1.807, 2.05) is 0 Å². The third-order valence-corrected chi connectivity index (χ3v) is 4.12. The number of carbonyl (C=O) groups is 2. The highest BCUT2D eigenvalue weighted by atomic mass is 16.6. The van der Waals surface area contributed by atoms with Crippen molar-refractivity contribution in [3.8, 4) is 0 Å². The molecule has 28 heavy (non-hydrogen) atoms. The molecule has 9 nitrogen and oxygen atoms in total. The Morgan fingerprint density at radius 3 is 2.18 bits per heavy atom. The summed E-state index contributed by atoms with van der Waals surface area (Å²) in [5, 5.41) is 13.7. The number of carbonyl (C=O) groups excluding carboxylic acids is 2. The lowest BCUT2D eigenvalue weighted by Crippen LogP contribution is -2.39. The molecule has 1 fully saturated rings. The molecule has 0 bridgehead atoms. The molecule has 0 spiro atoms. The van der Waals surface area contributed by atoms with Crippen molar-refractivity contribution in [3.05, 3.63) is 82.2 Å². The second-order valence-corrected chi connectivity index (χ2v) is 5.96. The van der Waals surface area contributed by atoms with E-state index in [-0.39, 0.29) is 12.2 Å². The van der Waals surface area contributed by atoms with Crippen LogP contribution in [0, 0.1) is 0 Å². The number of hydrogen-bond donors (Lipinski definition) is 1. The summed E-state index contributed by atoms with van der Waals surface area (Å²) in [5.41, 5.74) is 9.24. The number of aliphatic hydroxyl groups excluding tert-OH is 1. The van der Waals surface area contributed by atoms with Crippen LogP contribution in [-0.2, 0) is 14.2 Å². The number of benzene rings is 2. The second kappa shape index (κ2) is 9.01. The number of ether oxygens (including phenoxy) is 3. The molecule has 1 aliphatic heterocycles. The van der Waals surface area contributed by atoms with E-state index in [4.69, 9.17) is 19.7 Å². The summed E-state index contributed by atoms with van der Waals surface area (Å²) in [6, 6.07) is 16.5. The van der Waals surface area contributed by atoms with E-state index in [9.17, 15) is 14.7 Å². The van der Waals surface area contributed by atoms with Crippen molar-refractivity contribution in [2.75, 3.05) is 6.61 Å². The van der Waals surface area contributed by atoms with Gasteiger partial charge in [0.25, 0.3) is 0 Å². The topological polar surface area (TPSA) is 131 Å². The van der Waals surface area contributed by atoms with E-state index < -0.39 is 36.5 Å². The Morgan fingerprint density at radius 2 is 1.61 bits per heavy atom. The van der Waals surface area contributed by atoms with Gasteiger partial charge in [0.05, 0.1) is 11.1 Å². The molecule has 1 N–H and O–H groups in total. The Kier molecular flexibility index (Phi) is 6.23. The van der Waals surface area contributed by atoms with Gasteiger partial charge in [-0.3, -0.25) is 0 Å². The van der Waals surface area contributed by atoms with Crippen molar-refractivity contribution in [1.29, 1.82) is 0 Å². The summed E-state index contributed by atoms with van der Waals surface area (Å²) in [6.07, 6.45) is -4.83. The van der Waals surface area contributed by atoms with E-state index in [0.29, 0.717) is 5.56 Å². The fraction of sp³-hybridized carbons (Fsp3) is 0.263. The zero-order valence-electron chi connectivity index (χ0n) is 14.6. The Morgan fingerprint density at radius 1 is 1.04 bits per heavy atom. The molecule has 0 unspecified atom stereocenters. The summed E-state index contributed by atoms with van der Waals surface area (Å²) in [4.78, 5) is 27.0. The maximum absolute atomic E-state index is 12.3. The van der Waals surface area contributed by atoms with Crippen molar-refractivity contribution in [2.45, 2.75) is 24.5 Å². The summed E-state index contributed by atoms with van der Waals surface area (Å²) < 4.78 is 16.0. The van der Waals surface area contributed by atoms with Crippen LogP contribution in [0.4, 0.5) is 0 Å². The van der Waals surface area contributed by atoms with Crippen LogP contribution in [0.1, 0.15) is 20.7 Å². The Hall–Kier alpha value is -3.39. The minimum Gasteiger partial charge on any atom is -0.459 e. The molecule has 0 saturated carbocycles. The SMILES string of the molecule is [N-]=[N+]=N[C@@H]1O[C@H](COC(=O)c2ccccc2)[C@H](OC(=O)c2ccccc2)[C@H]1O. The van der Waals surface area contributed by atoms with E-state index in [0.717, 1.165) is 0 Å². The summed E-state index contributed by atoms with van der Waals surface area (Å²) >= 11 is 0. The van der Waals surface area contributed by atoms with Gasteiger partial charge in [0.2, 0.25) is 0 Å². The molecule has 9 heteroatoms. The zero-order chi connectivity index (χ0) is 19.9. The molecular weight excluding hydrogens is 366 g/mol. The van der Waals surface area contributed by atoms with Gasteiger partial charge in [0.15, 0.2) is 12.3 Å². The maximum Gasteiger partial charge on any atom is 0.338 e. The predicted octanol–water partition coefficient (Wildman–Crippen LogP) is 2.47. The first kappa shape index (κ1) is 19.4. The fourth-order valence-corrected chi connectivity index (χ4v) is 2.73.